The van der Waals surface area contributed by atoms with E-state index in [1.165, 1.54) is 42.2 Å². The van der Waals surface area contributed by atoms with Crippen LogP contribution in [0.15, 0.2) is 49.1 Å². The first kappa shape index (κ1) is 21.3. The van der Waals surface area contributed by atoms with Gasteiger partial charge in [-0.3, -0.25) is 4.68 Å². The maximum atomic E-state index is 6.03. The van der Waals surface area contributed by atoms with Crippen LogP contribution >= 0.6 is 0 Å². The van der Waals surface area contributed by atoms with Crippen molar-refractivity contribution in [1.82, 2.24) is 34.5 Å². The number of benzene rings is 1. The molecule has 1 aliphatic carbocycles. The number of nitrogens with two attached hydrogens (primary N) is 1. The normalized spacial score (nSPS) is 21.3. The van der Waals surface area contributed by atoms with Crippen LogP contribution in [0.3, 0.4) is 0 Å². The molecule has 0 radical (unpaired) electrons. The van der Waals surface area contributed by atoms with E-state index in [1.54, 1.807) is 11.0 Å². The second kappa shape index (κ2) is 8.29. The molecule has 36 heavy (non-hydrogen) atoms. The molecule has 0 bridgehead atoms. The lowest BCUT2D eigenvalue weighted by Gasteiger charge is -2.14. The van der Waals surface area contributed by atoms with Crippen molar-refractivity contribution >= 4 is 33.6 Å². The Morgan fingerprint density at radius 3 is 2.97 bits per heavy atom. The Morgan fingerprint density at radius 2 is 2.08 bits per heavy atom. The number of anilines is 2. The number of nitrogens with one attached hydrogen (secondary N) is 1. The molecule has 2 unspecified atom stereocenters. The van der Waals surface area contributed by atoms with Gasteiger partial charge in [0.1, 0.15) is 29.3 Å². The molecule has 3 atom stereocenters. The van der Waals surface area contributed by atoms with Gasteiger partial charge in [0.05, 0.1) is 23.1 Å². The van der Waals surface area contributed by atoms with Crippen LogP contribution in [0.25, 0.3) is 21.9 Å². The van der Waals surface area contributed by atoms with Crippen molar-refractivity contribution in [2.24, 2.45) is 13.0 Å². The van der Waals surface area contributed by atoms with E-state index in [9.17, 15) is 0 Å². The summed E-state index contributed by atoms with van der Waals surface area (Å²) in [5.74, 6) is 2.24. The minimum absolute atomic E-state index is 0.133. The van der Waals surface area contributed by atoms with Crippen LogP contribution in [0.5, 0.6) is 0 Å². The average Bonchev–Trinajstić information content (AvgIpc) is 3.66. The fourth-order valence-electron chi connectivity index (χ4n) is 6.05. The first-order chi connectivity index (χ1) is 17.6. The predicted molar refractivity (Wildman–Crippen MR) is 139 cm³/mol. The Balaban J connectivity index is 1.03. The lowest BCUT2D eigenvalue weighted by molar-refractivity contribution is 0.461. The largest absolute Gasteiger partial charge is 0.383 e. The SMILES string of the molecule is Cn1cc([C@@H]2Cc3cc4ccc(CCC5CCC(n6ccc7c(N)ncnc76)C5)cc4nc3N2)nn1. The minimum Gasteiger partial charge on any atom is -0.383 e. The Morgan fingerprint density at radius 1 is 1.14 bits per heavy atom. The highest BCUT2D eigenvalue weighted by atomic mass is 15.4. The Kier molecular flexibility index (Phi) is 4.90. The standard InChI is InChI=1S/C27H29N9/c1-35-14-24(33-34-35)23-13-19-12-18-6-4-17(11-22(18)31-26(19)32-23)3-2-16-5-7-20(10-16)36-9-8-21-25(28)29-15-30-27(21)36/h4,6,8-9,11-12,14-16,20,23H,2-3,5,7,10,13H2,1H3,(H,31,32)(H2,28,29,30)/t16?,20?,23-/m0/s1. The smallest absolute Gasteiger partial charge is 0.145 e. The Labute approximate surface area is 208 Å². The lowest BCUT2D eigenvalue weighted by atomic mass is 9.97. The van der Waals surface area contributed by atoms with Crippen LogP contribution in [0.4, 0.5) is 11.6 Å². The van der Waals surface area contributed by atoms with E-state index in [-0.39, 0.29) is 6.04 Å². The number of nitrogen functional groups attached to an aromatic ring is 1. The van der Waals surface area contributed by atoms with E-state index in [4.69, 9.17) is 10.7 Å². The zero-order valence-electron chi connectivity index (χ0n) is 20.3. The van der Waals surface area contributed by atoms with Gasteiger partial charge in [-0.25, -0.2) is 15.0 Å². The molecule has 7 rings (SSSR count). The highest BCUT2D eigenvalue weighted by Gasteiger charge is 2.28. The molecule has 0 saturated heterocycles. The molecule has 5 aromatic rings. The monoisotopic (exact) mass is 479 g/mol. The second-order valence-electron chi connectivity index (χ2n) is 10.3. The van der Waals surface area contributed by atoms with E-state index >= 15 is 0 Å². The molecule has 9 heteroatoms. The fraction of sp³-hybridized carbons (Fsp3) is 0.370. The summed E-state index contributed by atoms with van der Waals surface area (Å²) < 4.78 is 4.04. The molecule has 1 aliphatic heterocycles. The highest BCUT2D eigenvalue weighted by molar-refractivity contribution is 5.86. The minimum atomic E-state index is 0.133. The van der Waals surface area contributed by atoms with Crippen LogP contribution in [0.2, 0.25) is 0 Å². The van der Waals surface area contributed by atoms with Crippen LogP contribution in [0, 0.1) is 5.92 Å². The van der Waals surface area contributed by atoms with Gasteiger partial charge in [0, 0.05) is 31.1 Å². The van der Waals surface area contributed by atoms with Crippen molar-refractivity contribution < 1.29 is 0 Å². The summed E-state index contributed by atoms with van der Waals surface area (Å²) in [6, 6.07) is 11.7. The summed E-state index contributed by atoms with van der Waals surface area (Å²) in [7, 11) is 1.89. The van der Waals surface area contributed by atoms with Gasteiger partial charge in [-0.1, -0.05) is 17.3 Å². The summed E-state index contributed by atoms with van der Waals surface area (Å²) in [4.78, 5) is 13.6. The quantitative estimate of drug-likeness (QED) is 0.385. The van der Waals surface area contributed by atoms with Crippen molar-refractivity contribution in [2.75, 3.05) is 11.1 Å². The van der Waals surface area contributed by atoms with Gasteiger partial charge < -0.3 is 15.6 Å². The third kappa shape index (κ3) is 3.66. The van der Waals surface area contributed by atoms with Crippen LogP contribution < -0.4 is 11.1 Å². The van der Waals surface area contributed by atoms with E-state index in [0.717, 1.165) is 40.9 Å². The first-order valence-electron chi connectivity index (χ1n) is 12.7. The number of aromatic nitrogens is 7. The lowest BCUT2D eigenvalue weighted by Crippen LogP contribution is -2.06. The van der Waals surface area contributed by atoms with E-state index in [0.29, 0.717) is 17.8 Å². The summed E-state index contributed by atoms with van der Waals surface area (Å²) in [6.45, 7) is 0. The number of pyridine rings is 1. The van der Waals surface area contributed by atoms with Crippen molar-refractivity contribution in [1.29, 1.82) is 0 Å². The molecule has 5 heterocycles. The van der Waals surface area contributed by atoms with E-state index in [2.05, 4.69) is 60.6 Å². The number of hydrogen-bond donors (Lipinski definition) is 2. The maximum absolute atomic E-state index is 6.03. The Bertz CT molecular complexity index is 1580. The van der Waals surface area contributed by atoms with Crippen LogP contribution in [-0.4, -0.2) is 34.5 Å². The molecule has 9 nitrogen and oxygen atoms in total. The molecule has 1 aromatic carbocycles. The molecule has 0 amide bonds. The van der Waals surface area contributed by atoms with Crippen LogP contribution in [-0.2, 0) is 19.9 Å². The summed E-state index contributed by atoms with van der Waals surface area (Å²) >= 11 is 0. The topological polar surface area (TPSA) is 112 Å². The van der Waals surface area contributed by atoms with Crippen molar-refractivity contribution in [3.8, 4) is 0 Å². The van der Waals surface area contributed by atoms with Gasteiger partial charge in [0.25, 0.3) is 0 Å². The van der Waals surface area contributed by atoms with Crippen molar-refractivity contribution in [3.05, 3.63) is 65.9 Å². The molecular weight excluding hydrogens is 450 g/mol. The molecule has 4 aromatic heterocycles. The van der Waals surface area contributed by atoms with Gasteiger partial charge in [-0.05, 0) is 67.3 Å². The van der Waals surface area contributed by atoms with Gasteiger partial charge in [-0.2, -0.15) is 0 Å². The predicted octanol–water partition coefficient (Wildman–Crippen LogP) is 4.37. The van der Waals surface area contributed by atoms with Crippen molar-refractivity contribution in [2.45, 2.75) is 50.6 Å². The molecule has 0 spiro atoms. The third-order valence-electron chi connectivity index (χ3n) is 7.96. The molecule has 1 fully saturated rings. The third-order valence-corrected chi connectivity index (χ3v) is 7.96. The highest BCUT2D eigenvalue weighted by Crippen LogP contribution is 2.39. The van der Waals surface area contributed by atoms with E-state index < -0.39 is 0 Å². The molecule has 1 saturated carbocycles. The van der Waals surface area contributed by atoms with Crippen LogP contribution in [0.1, 0.15) is 54.6 Å². The molecular formula is C27H29N9. The molecule has 2 aliphatic rings. The van der Waals surface area contributed by atoms with Gasteiger partial charge in [-0.15, -0.1) is 5.10 Å². The number of hydrogen-bond acceptors (Lipinski definition) is 7. The summed E-state index contributed by atoms with van der Waals surface area (Å²) in [5.41, 5.74) is 11.6. The fourth-order valence-corrected chi connectivity index (χ4v) is 6.05. The second-order valence-corrected chi connectivity index (χ2v) is 10.3. The van der Waals surface area contributed by atoms with Gasteiger partial charge in [0.15, 0.2) is 0 Å². The maximum Gasteiger partial charge on any atom is 0.145 e. The van der Waals surface area contributed by atoms with E-state index in [1.807, 2.05) is 19.3 Å². The molecule has 182 valence electrons. The van der Waals surface area contributed by atoms with Gasteiger partial charge in [0.2, 0.25) is 0 Å². The number of rotatable bonds is 5. The number of aryl methyl sites for hydroxylation is 2. The molecule has 3 N–H and O–H groups in total. The van der Waals surface area contributed by atoms with Gasteiger partial charge >= 0.3 is 0 Å². The summed E-state index contributed by atoms with van der Waals surface area (Å²) in [5, 5.41) is 14.0. The summed E-state index contributed by atoms with van der Waals surface area (Å²) in [6.07, 6.45) is 12.4. The zero-order valence-corrected chi connectivity index (χ0v) is 20.3. The average molecular weight is 480 g/mol. The first-order valence-corrected chi connectivity index (χ1v) is 12.7. The van der Waals surface area contributed by atoms with Crippen molar-refractivity contribution in [3.63, 3.8) is 0 Å². The number of fused-ring (bicyclic) bond motifs is 3. The number of nitrogens with zero attached hydrogens (tertiary/aromatic N) is 7. The Hall–Kier alpha value is -4.01. The zero-order chi connectivity index (χ0) is 24.2.